The van der Waals surface area contributed by atoms with E-state index < -0.39 is 11.9 Å². The van der Waals surface area contributed by atoms with Crippen LogP contribution in [0.4, 0.5) is 5.88 Å². The number of likely N-dealkylation sites (N-methyl/N-ethyl adjacent to an activating group) is 1. The number of amides is 2. The maximum absolute atomic E-state index is 12.4. The topological polar surface area (TPSA) is 112 Å². The Kier molecular flexibility index (Phi) is 7.39. The maximum Gasteiger partial charge on any atom is 0.305 e. The van der Waals surface area contributed by atoms with Crippen molar-refractivity contribution >= 4 is 34.6 Å². The van der Waals surface area contributed by atoms with E-state index in [0.29, 0.717) is 0 Å². The average Bonchev–Trinajstić information content (AvgIpc) is 3.06. The van der Waals surface area contributed by atoms with Crippen LogP contribution in [0.5, 0.6) is 0 Å². The first-order valence-electron chi connectivity index (χ1n) is 8.46. The fraction of sp³-hybridized carbons (Fsp3) is 0.667. The van der Waals surface area contributed by atoms with E-state index in [4.69, 9.17) is 4.52 Å². The molecule has 1 aromatic heterocycles. The van der Waals surface area contributed by atoms with Crippen molar-refractivity contribution < 1.29 is 23.7 Å². The third kappa shape index (κ3) is 5.99. The number of piperazine rings is 1. The third-order valence-corrected chi connectivity index (χ3v) is 4.84. The van der Waals surface area contributed by atoms with Gasteiger partial charge in [0.1, 0.15) is 6.04 Å². The predicted octanol–water partition coefficient (Wildman–Crippen LogP) is -1.04. The summed E-state index contributed by atoms with van der Waals surface area (Å²) in [7, 11) is 0. The molecule has 2 N–H and O–H groups in total. The molecule has 0 unspecified atom stereocenters. The van der Waals surface area contributed by atoms with Crippen molar-refractivity contribution in [2.45, 2.75) is 26.8 Å². The minimum Gasteiger partial charge on any atom is -0.344 e. The van der Waals surface area contributed by atoms with Gasteiger partial charge in [0.15, 0.2) is 5.12 Å². The van der Waals surface area contributed by atoms with Gasteiger partial charge < -0.3 is 5.32 Å². The summed E-state index contributed by atoms with van der Waals surface area (Å²) in [6, 6.07) is -0.840. The van der Waals surface area contributed by atoms with Gasteiger partial charge in [-0.15, -0.1) is 0 Å². The summed E-state index contributed by atoms with van der Waals surface area (Å²) in [5.74, 6) is -0.492. The van der Waals surface area contributed by atoms with Crippen LogP contribution in [0.1, 0.15) is 20.8 Å². The summed E-state index contributed by atoms with van der Waals surface area (Å²) < 4.78 is 5.16. The number of nitrogens with one attached hydrogen (secondary N) is 2. The smallest absolute Gasteiger partial charge is 0.305 e. The van der Waals surface area contributed by atoms with Gasteiger partial charge in [0.2, 0.25) is 17.1 Å². The molecule has 0 aromatic carbocycles. The standard InChI is InChI=1S/C15H24N6O4S/c1-4-19-5-7-20(8-6-19)21-9-14(25-18-21)17-15(24)13(16-11(2)22)10-26-12(3)23/h9,13H,4-8,10H2,1-3H3,(H-,16,17,18,22,24)/p+1/t13-/m0/s1. The van der Waals surface area contributed by atoms with E-state index in [1.807, 2.05) is 5.01 Å². The maximum atomic E-state index is 12.4. The fourth-order valence-electron chi connectivity index (χ4n) is 2.52. The molecule has 26 heavy (non-hydrogen) atoms. The summed E-state index contributed by atoms with van der Waals surface area (Å²) in [4.78, 5) is 38.7. The van der Waals surface area contributed by atoms with E-state index >= 15 is 0 Å². The van der Waals surface area contributed by atoms with Crippen LogP contribution in [-0.4, -0.2) is 71.6 Å². The van der Waals surface area contributed by atoms with Gasteiger partial charge in [-0.1, -0.05) is 18.7 Å². The molecular weight excluding hydrogens is 360 g/mol. The van der Waals surface area contributed by atoms with Crippen LogP contribution in [0.3, 0.4) is 0 Å². The van der Waals surface area contributed by atoms with E-state index in [2.05, 4.69) is 27.7 Å². The molecule has 0 spiro atoms. The van der Waals surface area contributed by atoms with E-state index in [1.54, 1.807) is 11.0 Å². The lowest BCUT2D eigenvalue weighted by Crippen LogP contribution is -2.65. The largest absolute Gasteiger partial charge is 0.344 e. The second kappa shape index (κ2) is 9.53. The van der Waals surface area contributed by atoms with Gasteiger partial charge >= 0.3 is 5.88 Å². The summed E-state index contributed by atoms with van der Waals surface area (Å²) in [6.07, 6.45) is 1.59. The van der Waals surface area contributed by atoms with Crippen molar-refractivity contribution in [1.82, 2.24) is 15.5 Å². The van der Waals surface area contributed by atoms with Crippen molar-refractivity contribution in [3.63, 3.8) is 0 Å². The highest BCUT2D eigenvalue weighted by Gasteiger charge is 2.27. The van der Waals surface area contributed by atoms with Crippen molar-refractivity contribution in [2.24, 2.45) is 0 Å². The second-order valence-electron chi connectivity index (χ2n) is 5.92. The Morgan fingerprint density at radius 1 is 1.31 bits per heavy atom. The lowest BCUT2D eigenvalue weighted by Gasteiger charge is -2.28. The summed E-state index contributed by atoms with van der Waals surface area (Å²) in [5, 5.41) is 10.9. The molecule has 1 saturated heterocycles. The van der Waals surface area contributed by atoms with E-state index in [-0.39, 0.29) is 22.7 Å². The minimum atomic E-state index is -0.840. The zero-order valence-corrected chi connectivity index (χ0v) is 16.0. The number of aromatic nitrogens is 2. The average molecular weight is 385 g/mol. The molecule has 2 rings (SSSR count). The Bertz CT molecular complexity index is 644. The van der Waals surface area contributed by atoms with Gasteiger partial charge in [0, 0.05) is 32.7 Å². The first-order valence-corrected chi connectivity index (χ1v) is 9.45. The number of carbonyl (C=O) groups is 3. The van der Waals surface area contributed by atoms with Crippen LogP contribution in [0.25, 0.3) is 0 Å². The monoisotopic (exact) mass is 385 g/mol. The van der Waals surface area contributed by atoms with Crippen LogP contribution in [-0.2, 0) is 14.4 Å². The molecule has 11 heteroatoms. The molecule has 1 aromatic rings. The van der Waals surface area contributed by atoms with Gasteiger partial charge in [0.05, 0.1) is 17.9 Å². The molecule has 1 aliphatic heterocycles. The Hall–Kier alpha value is -2.14. The lowest BCUT2D eigenvalue weighted by atomic mass is 10.3. The minimum absolute atomic E-state index is 0.128. The Labute approximate surface area is 156 Å². The molecule has 1 aliphatic rings. The van der Waals surface area contributed by atoms with Crippen LogP contribution < -0.4 is 20.4 Å². The highest BCUT2D eigenvalue weighted by Crippen LogP contribution is 2.08. The number of hydrogen-bond acceptors (Lipinski definition) is 8. The van der Waals surface area contributed by atoms with E-state index in [9.17, 15) is 14.4 Å². The summed E-state index contributed by atoms with van der Waals surface area (Å²) in [5.41, 5.74) is 0. The number of hydrogen-bond donors (Lipinski definition) is 2. The van der Waals surface area contributed by atoms with Gasteiger partial charge in [-0.25, -0.2) is 0 Å². The zero-order valence-electron chi connectivity index (χ0n) is 15.2. The van der Waals surface area contributed by atoms with Crippen LogP contribution in [0.2, 0.25) is 0 Å². The van der Waals surface area contributed by atoms with Gasteiger partial charge in [-0.3, -0.25) is 29.1 Å². The van der Waals surface area contributed by atoms with E-state index in [1.165, 1.54) is 13.8 Å². The quantitative estimate of drug-likeness (QED) is 0.573. The highest BCUT2D eigenvalue weighted by molar-refractivity contribution is 8.13. The molecule has 1 atom stereocenters. The normalized spacial score (nSPS) is 16.2. The highest BCUT2D eigenvalue weighted by atomic mass is 32.2. The van der Waals surface area contributed by atoms with Crippen LogP contribution in [0.15, 0.2) is 10.7 Å². The van der Waals surface area contributed by atoms with Crippen LogP contribution in [0, 0.1) is 0 Å². The lowest BCUT2D eigenvalue weighted by molar-refractivity contribution is -0.759. The molecule has 10 nitrogen and oxygen atoms in total. The number of nitrogens with zero attached hydrogens (tertiary/aromatic N) is 4. The second-order valence-corrected chi connectivity index (χ2v) is 7.12. The van der Waals surface area contributed by atoms with Crippen molar-refractivity contribution in [2.75, 3.05) is 48.8 Å². The number of carbonyl (C=O) groups excluding carboxylic acids is 3. The van der Waals surface area contributed by atoms with Gasteiger partial charge in [-0.05, 0) is 6.54 Å². The van der Waals surface area contributed by atoms with Crippen molar-refractivity contribution in [3.8, 4) is 0 Å². The molecule has 0 saturated carbocycles. The first-order chi connectivity index (χ1) is 12.4. The first kappa shape index (κ1) is 20.2. The SMILES string of the molecule is CCN1CCN([n+]2cc(NC(=O)[C@H](CSC(C)=O)NC(C)=O)on2)CC1. The molecule has 144 valence electrons. The summed E-state index contributed by atoms with van der Waals surface area (Å²) in [6.45, 7) is 9.35. The van der Waals surface area contributed by atoms with Gasteiger partial charge in [0.25, 0.3) is 6.20 Å². The molecule has 0 radical (unpaired) electrons. The third-order valence-electron chi connectivity index (χ3n) is 3.93. The Morgan fingerprint density at radius 2 is 2.00 bits per heavy atom. The summed E-state index contributed by atoms with van der Waals surface area (Å²) >= 11 is 0.972. The Morgan fingerprint density at radius 3 is 2.58 bits per heavy atom. The van der Waals surface area contributed by atoms with E-state index in [0.717, 1.165) is 44.5 Å². The number of anilines is 1. The molecule has 0 bridgehead atoms. The van der Waals surface area contributed by atoms with Crippen LogP contribution >= 0.6 is 11.8 Å². The molecule has 1 fully saturated rings. The zero-order chi connectivity index (χ0) is 19.1. The number of thioether (sulfide) groups is 1. The predicted molar refractivity (Wildman–Crippen MR) is 96.1 cm³/mol. The molecular formula is C15H25N6O4S+. The molecule has 2 heterocycles. The molecule has 2 amide bonds. The van der Waals surface area contributed by atoms with Crippen molar-refractivity contribution in [3.05, 3.63) is 6.20 Å². The fourth-order valence-corrected chi connectivity index (χ4v) is 3.16. The van der Waals surface area contributed by atoms with Crippen molar-refractivity contribution in [1.29, 1.82) is 0 Å². The molecule has 0 aliphatic carbocycles. The number of rotatable bonds is 7. The Balaban J connectivity index is 1.94. The van der Waals surface area contributed by atoms with Gasteiger partial charge in [-0.2, -0.15) is 5.01 Å².